The fourth-order valence-electron chi connectivity index (χ4n) is 13.2. The molecule has 2 unspecified atom stereocenters. The molecule has 0 saturated heterocycles. The largest absolute Gasteiger partial charge is 0.481 e. The van der Waals surface area contributed by atoms with E-state index < -0.39 is 72.7 Å². The predicted octanol–water partition coefficient (Wildman–Crippen LogP) is 5.30. The summed E-state index contributed by atoms with van der Waals surface area (Å²) in [7, 11) is 0. The third kappa shape index (κ3) is 6.71. The number of aliphatic carboxylic acids is 1. The highest BCUT2D eigenvalue weighted by atomic mass is 16.6. The van der Waals surface area contributed by atoms with Crippen LogP contribution < -0.4 is 0 Å². The molecule has 6 aliphatic rings. The zero-order chi connectivity index (χ0) is 38.8. The van der Waals surface area contributed by atoms with Crippen molar-refractivity contribution in [2.45, 2.75) is 187 Å². The monoisotopic (exact) mass is 746 g/mol. The second kappa shape index (κ2) is 15.2. The Labute approximate surface area is 317 Å². The first-order chi connectivity index (χ1) is 24.8. The van der Waals surface area contributed by atoms with E-state index in [1.54, 1.807) is 0 Å². The van der Waals surface area contributed by atoms with E-state index in [1.807, 2.05) is 0 Å². The van der Waals surface area contributed by atoms with Crippen molar-refractivity contribution >= 4 is 5.97 Å². The summed E-state index contributed by atoms with van der Waals surface area (Å²) in [6, 6.07) is 0. The summed E-state index contributed by atoms with van der Waals surface area (Å²) in [6.45, 7) is 15.4. The first kappa shape index (κ1) is 41.3. The lowest BCUT2D eigenvalue weighted by Crippen LogP contribution is -2.61. The Morgan fingerprint density at radius 2 is 1.55 bits per heavy atom. The van der Waals surface area contributed by atoms with E-state index in [-0.39, 0.29) is 34.7 Å². The van der Waals surface area contributed by atoms with Crippen LogP contribution in [0.15, 0.2) is 22.8 Å². The minimum Gasteiger partial charge on any atom is -0.481 e. The molecule has 7 N–H and O–H groups in total. The molecule has 0 aromatic carbocycles. The lowest BCUT2D eigenvalue weighted by atomic mass is 9.43. The highest BCUT2D eigenvalue weighted by molar-refractivity contribution is 5.82. The summed E-state index contributed by atoms with van der Waals surface area (Å²) in [5.41, 5.74) is 2.39. The Morgan fingerprint density at radius 1 is 0.830 bits per heavy atom. The molecule has 4 saturated carbocycles. The maximum absolute atomic E-state index is 13.7. The number of aliphatic hydroxyl groups excluding tert-OH is 6. The second-order valence-electron chi connectivity index (χ2n) is 19.5. The maximum atomic E-state index is 13.7. The van der Waals surface area contributed by atoms with Gasteiger partial charge in [0.2, 0.25) is 0 Å². The quantitative estimate of drug-likeness (QED) is 0.145. The van der Waals surface area contributed by atoms with Gasteiger partial charge in [-0.25, -0.2) is 0 Å². The van der Waals surface area contributed by atoms with Crippen molar-refractivity contribution in [2.75, 3.05) is 6.61 Å². The Hall–Kier alpha value is -1.37. The summed E-state index contributed by atoms with van der Waals surface area (Å²) in [4.78, 5) is 13.7. The van der Waals surface area contributed by atoms with Crippen LogP contribution >= 0.6 is 0 Å². The number of hydrogen-bond acceptors (Lipinski definition) is 9. The average molecular weight is 747 g/mol. The lowest BCUT2D eigenvalue weighted by Gasteiger charge is -2.62. The van der Waals surface area contributed by atoms with Gasteiger partial charge in [0.1, 0.15) is 24.4 Å². The number of carbonyl (C=O) groups is 1. The number of rotatable bonds is 10. The minimum atomic E-state index is -1.51. The SMILES string of the molecule is CC(C)=CCC[C@@H](C)[C@H]1CC[C@@]2(C(=O)O)C3=C(CC[C@]12C)[C@@]1(C)CC[C@H](OC2CC[C@H](O)[C@H](O)[C@H]2OC2C[C@H](CO)[C@H](O)[C@H](O)[C@H]2O)C(C)(C)[C@@H]1CC3. The molecular weight excluding hydrogens is 676 g/mol. The molecule has 0 heterocycles. The normalized spacial score (nSPS) is 47.3. The van der Waals surface area contributed by atoms with Gasteiger partial charge >= 0.3 is 5.97 Å². The summed E-state index contributed by atoms with van der Waals surface area (Å²) in [5.74, 6) is -0.249. The van der Waals surface area contributed by atoms with Crippen LogP contribution in [0, 0.1) is 45.3 Å². The third-order valence-corrected chi connectivity index (χ3v) is 16.3. The van der Waals surface area contributed by atoms with E-state index in [2.05, 4.69) is 54.5 Å². The molecule has 10 nitrogen and oxygen atoms in total. The Morgan fingerprint density at radius 3 is 2.21 bits per heavy atom. The van der Waals surface area contributed by atoms with Gasteiger partial charge in [-0.05, 0) is 131 Å². The summed E-state index contributed by atoms with van der Waals surface area (Å²) >= 11 is 0. The van der Waals surface area contributed by atoms with Crippen LogP contribution in [0.2, 0.25) is 0 Å². The molecule has 10 heteroatoms. The van der Waals surface area contributed by atoms with Crippen LogP contribution in [0.4, 0.5) is 0 Å². The molecule has 0 aromatic heterocycles. The van der Waals surface area contributed by atoms with Crippen LogP contribution in [0.1, 0.15) is 132 Å². The fraction of sp³-hybridized carbons (Fsp3) is 0.884. The number of allylic oxidation sites excluding steroid dienone is 3. The number of fused-ring (bicyclic) bond motifs is 4. The third-order valence-electron chi connectivity index (χ3n) is 16.3. The van der Waals surface area contributed by atoms with Crippen LogP contribution in [0.25, 0.3) is 0 Å². The molecule has 53 heavy (non-hydrogen) atoms. The van der Waals surface area contributed by atoms with Gasteiger partial charge in [-0.2, -0.15) is 0 Å². The second-order valence-corrected chi connectivity index (χ2v) is 19.5. The highest BCUT2D eigenvalue weighted by Gasteiger charge is 2.68. The molecule has 0 aliphatic heterocycles. The van der Waals surface area contributed by atoms with Gasteiger partial charge in [-0.3, -0.25) is 4.79 Å². The van der Waals surface area contributed by atoms with E-state index in [4.69, 9.17) is 9.47 Å². The van der Waals surface area contributed by atoms with Gasteiger partial charge in [0.15, 0.2) is 0 Å². The molecule has 0 spiro atoms. The first-order valence-corrected chi connectivity index (χ1v) is 20.8. The van der Waals surface area contributed by atoms with Crippen molar-refractivity contribution in [3.63, 3.8) is 0 Å². The molecule has 0 aromatic rings. The zero-order valence-electron chi connectivity index (χ0n) is 33.3. The highest BCUT2D eigenvalue weighted by Crippen LogP contribution is 2.73. The van der Waals surface area contributed by atoms with Crippen LogP contribution in [0.3, 0.4) is 0 Å². The van der Waals surface area contributed by atoms with E-state index >= 15 is 0 Å². The summed E-state index contributed by atoms with van der Waals surface area (Å²) in [6.07, 6.45) is 2.83. The van der Waals surface area contributed by atoms with Crippen molar-refractivity contribution in [2.24, 2.45) is 45.3 Å². The van der Waals surface area contributed by atoms with Crippen molar-refractivity contribution in [3.8, 4) is 0 Å². The van der Waals surface area contributed by atoms with Crippen LogP contribution in [-0.2, 0) is 14.3 Å². The molecule has 0 bridgehead atoms. The van der Waals surface area contributed by atoms with E-state index in [9.17, 15) is 40.5 Å². The van der Waals surface area contributed by atoms with E-state index in [0.29, 0.717) is 31.1 Å². The predicted molar refractivity (Wildman–Crippen MR) is 201 cm³/mol. The van der Waals surface area contributed by atoms with E-state index in [1.165, 1.54) is 16.7 Å². The van der Waals surface area contributed by atoms with Gasteiger partial charge in [0.05, 0.1) is 35.9 Å². The molecule has 0 amide bonds. The van der Waals surface area contributed by atoms with Gasteiger partial charge < -0.3 is 45.2 Å². The zero-order valence-corrected chi connectivity index (χ0v) is 33.3. The average Bonchev–Trinajstić information content (AvgIpc) is 3.43. The number of carboxylic acids is 1. The smallest absolute Gasteiger partial charge is 0.314 e. The Bertz CT molecular complexity index is 1400. The molecular formula is C43H70O10. The number of carboxylic acid groups (broad SMARTS) is 1. The molecule has 4 fully saturated rings. The molecule has 0 radical (unpaired) electrons. The van der Waals surface area contributed by atoms with Gasteiger partial charge in [-0.15, -0.1) is 0 Å². The fourth-order valence-corrected chi connectivity index (χ4v) is 13.2. The summed E-state index contributed by atoms with van der Waals surface area (Å²) < 4.78 is 13.3. The minimum absolute atomic E-state index is 0.0845. The van der Waals surface area contributed by atoms with Crippen LogP contribution in [0.5, 0.6) is 0 Å². The van der Waals surface area contributed by atoms with E-state index in [0.717, 1.165) is 57.8 Å². The van der Waals surface area contributed by atoms with Gasteiger partial charge in [-0.1, -0.05) is 57.4 Å². The van der Waals surface area contributed by atoms with Crippen molar-refractivity contribution in [1.29, 1.82) is 0 Å². The van der Waals surface area contributed by atoms with Crippen LogP contribution in [-0.4, -0.2) is 103 Å². The number of ether oxygens (including phenoxy) is 2. The maximum Gasteiger partial charge on any atom is 0.314 e. The van der Waals surface area contributed by atoms with Crippen molar-refractivity contribution in [3.05, 3.63) is 22.8 Å². The lowest BCUT2D eigenvalue weighted by molar-refractivity contribution is -0.254. The molecule has 6 aliphatic carbocycles. The van der Waals surface area contributed by atoms with Gasteiger partial charge in [0.25, 0.3) is 0 Å². The van der Waals surface area contributed by atoms with Crippen molar-refractivity contribution in [1.82, 2.24) is 0 Å². The number of aliphatic hydroxyl groups is 6. The molecule has 302 valence electrons. The molecule has 6 rings (SSSR count). The summed E-state index contributed by atoms with van der Waals surface area (Å²) in [5, 5.41) is 74.6. The number of hydrogen-bond donors (Lipinski definition) is 7. The standard InChI is InChI=1S/C43H70O10/c1-23(2)9-8-10-24(3)26-16-20-43(39(50)51)28-11-14-32-40(4,5)33(17-18-41(32,6)27(28)15-19-42(26,43)7)52-30-13-12-29(45)35(47)38(30)53-31-21-25(22-44)34(46)37(49)36(31)48/h9,24-26,29-38,44-49H,8,10-22H2,1-7H3,(H,50,51)/t24-,25-,26-,29+,30?,31?,32+,33+,34+,35+,36+,37+,38+,41-,42-,43+/m1/s1. The van der Waals surface area contributed by atoms with Gasteiger partial charge in [0, 0.05) is 12.5 Å². The van der Waals surface area contributed by atoms with Crippen molar-refractivity contribution < 1.29 is 50.0 Å². The molecule has 16 atom stereocenters. The topological polar surface area (TPSA) is 177 Å². The first-order valence-electron chi connectivity index (χ1n) is 20.8. The Balaban J connectivity index is 1.23. The Kier molecular flexibility index (Phi) is 11.8.